The Balaban J connectivity index is 2.01. The van der Waals surface area contributed by atoms with Crippen LogP contribution >= 0.6 is 0 Å². The molecule has 5 heteroatoms. The molecule has 21 heavy (non-hydrogen) atoms. The Morgan fingerprint density at radius 1 is 1.29 bits per heavy atom. The molecule has 1 N–H and O–H groups in total. The van der Waals surface area contributed by atoms with Crippen molar-refractivity contribution in [2.45, 2.75) is 32.2 Å². The van der Waals surface area contributed by atoms with Crippen molar-refractivity contribution in [3.63, 3.8) is 0 Å². The van der Waals surface area contributed by atoms with E-state index in [-0.39, 0.29) is 24.7 Å². The molecule has 0 aliphatic carbocycles. The summed E-state index contributed by atoms with van der Waals surface area (Å²) in [6, 6.07) is 4.92. The predicted molar refractivity (Wildman–Crippen MR) is 76.4 cm³/mol. The van der Waals surface area contributed by atoms with Crippen molar-refractivity contribution < 1.29 is 14.4 Å². The number of carbonyl (C=O) groups is 3. The molecule has 3 rings (SSSR count). The molecule has 2 aliphatic heterocycles. The van der Waals surface area contributed by atoms with Gasteiger partial charge in [0.15, 0.2) is 0 Å². The summed E-state index contributed by atoms with van der Waals surface area (Å²) in [5, 5.41) is 2.30. The lowest BCUT2D eigenvalue weighted by Gasteiger charge is -2.30. The van der Waals surface area contributed by atoms with Crippen molar-refractivity contribution >= 4 is 23.4 Å². The zero-order chi connectivity index (χ0) is 15.0. The summed E-state index contributed by atoms with van der Waals surface area (Å²) >= 11 is 0. The number of hydrogen-bond acceptors (Lipinski definition) is 3. The Hall–Kier alpha value is -2.61. The largest absolute Gasteiger partial charge is 0.299 e. The van der Waals surface area contributed by atoms with Gasteiger partial charge in [-0.2, -0.15) is 0 Å². The number of rotatable bonds is 1. The van der Waals surface area contributed by atoms with Crippen molar-refractivity contribution in [1.29, 1.82) is 0 Å². The maximum Gasteiger partial charge on any atom is 0.249 e. The first-order valence-electron chi connectivity index (χ1n) is 6.82. The third-order valence-corrected chi connectivity index (χ3v) is 3.79. The summed E-state index contributed by atoms with van der Waals surface area (Å²) in [7, 11) is 0. The number of imide groups is 1. The van der Waals surface area contributed by atoms with E-state index in [0.717, 1.165) is 16.8 Å². The van der Waals surface area contributed by atoms with Crippen LogP contribution in [0.3, 0.4) is 0 Å². The van der Waals surface area contributed by atoms with Crippen molar-refractivity contribution in [3.05, 3.63) is 29.3 Å². The smallest absolute Gasteiger partial charge is 0.249 e. The van der Waals surface area contributed by atoms with Gasteiger partial charge in [-0.3, -0.25) is 24.6 Å². The van der Waals surface area contributed by atoms with Crippen molar-refractivity contribution in [1.82, 2.24) is 5.32 Å². The average Bonchev–Trinajstić information content (AvgIpc) is 2.77. The van der Waals surface area contributed by atoms with Gasteiger partial charge in [0.05, 0.1) is 6.42 Å². The number of anilines is 1. The highest BCUT2D eigenvalue weighted by Crippen LogP contribution is 2.34. The van der Waals surface area contributed by atoms with Crippen LogP contribution in [-0.2, 0) is 20.8 Å². The third kappa shape index (κ3) is 2.19. The fraction of sp³-hybridized carbons (Fsp3) is 0.312. The van der Waals surface area contributed by atoms with Crippen molar-refractivity contribution in [2.24, 2.45) is 0 Å². The Morgan fingerprint density at radius 3 is 2.81 bits per heavy atom. The Bertz CT molecular complexity index is 712. The highest BCUT2D eigenvalue weighted by molar-refractivity contribution is 6.10. The molecule has 0 radical (unpaired) electrons. The normalized spacial score (nSPS) is 20.7. The minimum absolute atomic E-state index is 0.121. The summed E-state index contributed by atoms with van der Waals surface area (Å²) in [5.74, 6) is 5.01. The van der Waals surface area contributed by atoms with Crippen LogP contribution in [0.15, 0.2) is 18.2 Å². The van der Waals surface area contributed by atoms with E-state index in [9.17, 15) is 14.4 Å². The molecule has 1 unspecified atom stereocenters. The van der Waals surface area contributed by atoms with E-state index in [1.807, 2.05) is 18.2 Å². The topological polar surface area (TPSA) is 66.5 Å². The molecular weight excluding hydrogens is 268 g/mol. The van der Waals surface area contributed by atoms with Crippen LogP contribution in [0.5, 0.6) is 0 Å². The number of amides is 3. The first-order valence-corrected chi connectivity index (χ1v) is 6.82. The van der Waals surface area contributed by atoms with Gasteiger partial charge >= 0.3 is 0 Å². The second-order valence-electron chi connectivity index (χ2n) is 5.09. The van der Waals surface area contributed by atoms with Gasteiger partial charge in [0, 0.05) is 23.2 Å². The molecule has 1 aromatic rings. The summed E-state index contributed by atoms with van der Waals surface area (Å²) in [4.78, 5) is 37.1. The zero-order valence-corrected chi connectivity index (χ0v) is 11.6. The van der Waals surface area contributed by atoms with Gasteiger partial charge in [0.1, 0.15) is 6.04 Å². The molecule has 0 saturated carbocycles. The first kappa shape index (κ1) is 13.4. The van der Waals surface area contributed by atoms with Crippen LogP contribution in [0.2, 0.25) is 0 Å². The molecule has 106 valence electrons. The predicted octanol–water partition coefficient (Wildman–Crippen LogP) is 0.752. The van der Waals surface area contributed by atoms with Gasteiger partial charge in [0.2, 0.25) is 17.7 Å². The highest BCUT2D eigenvalue weighted by Gasteiger charge is 2.40. The Kier molecular flexibility index (Phi) is 3.22. The lowest BCUT2D eigenvalue weighted by molar-refractivity contribution is -0.135. The van der Waals surface area contributed by atoms with Gasteiger partial charge in [0.25, 0.3) is 0 Å². The molecular formula is C16H14N2O3. The average molecular weight is 282 g/mol. The van der Waals surface area contributed by atoms with Gasteiger partial charge < -0.3 is 0 Å². The molecule has 1 saturated heterocycles. The zero-order valence-electron chi connectivity index (χ0n) is 11.6. The molecule has 0 aromatic heterocycles. The number of piperidine rings is 1. The maximum absolute atomic E-state index is 12.3. The summed E-state index contributed by atoms with van der Waals surface area (Å²) < 4.78 is 0. The fourth-order valence-electron chi connectivity index (χ4n) is 2.88. The van der Waals surface area contributed by atoms with Crippen LogP contribution in [0.25, 0.3) is 0 Å². The second-order valence-corrected chi connectivity index (χ2v) is 5.09. The minimum Gasteiger partial charge on any atom is -0.299 e. The standard InChI is InChI=1S/C16H14N2O3/c1-2-4-10-5-3-6-12-11(10)9-15(20)18(12)13-7-8-14(19)17-16(13)21/h3,5-6,13H,7-9H2,1H3,(H,17,19,21). The van der Waals surface area contributed by atoms with E-state index in [0.29, 0.717) is 6.42 Å². The van der Waals surface area contributed by atoms with Gasteiger partial charge in [-0.15, -0.1) is 5.92 Å². The number of fused-ring (bicyclic) bond motifs is 1. The minimum atomic E-state index is -0.610. The Morgan fingerprint density at radius 2 is 2.10 bits per heavy atom. The number of nitrogens with zero attached hydrogens (tertiary/aromatic N) is 1. The number of hydrogen-bond donors (Lipinski definition) is 1. The molecule has 3 amide bonds. The van der Waals surface area contributed by atoms with E-state index in [4.69, 9.17) is 0 Å². The number of nitrogens with one attached hydrogen (secondary N) is 1. The van der Waals surface area contributed by atoms with Crippen LogP contribution < -0.4 is 10.2 Å². The first-order chi connectivity index (χ1) is 10.1. The van der Waals surface area contributed by atoms with Crippen LogP contribution in [0.1, 0.15) is 30.9 Å². The lowest BCUT2D eigenvalue weighted by atomic mass is 10.0. The molecule has 1 fully saturated rings. The molecule has 2 heterocycles. The quantitative estimate of drug-likeness (QED) is 0.610. The third-order valence-electron chi connectivity index (χ3n) is 3.79. The summed E-state index contributed by atoms with van der Waals surface area (Å²) in [5.41, 5.74) is 2.41. The molecule has 2 aliphatic rings. The van der Waals surface area contributed by atoms with E-state index < -0.39 is 11.9 Å². The van der Waals surface area contributed by atoms with Gasteiger partial charge in [-0.25, -0.2) is 0 Å². The van der Waals surface area contributed by atoms with Crippen LogP contribution in [0.4, 0.5) is 5.69 Å². The van der Waals surface area contributed by atoms with Gasteiger partial charge in [-0.1, -0.05) is 12.0 Å². The summed E-state index contributed by atoms with van der Waals surface area (Å²) in [6.07, 6.45) is 0.863. The number of benzene rings is 1. The van der Waals surface area contributed by atoms with Crippen LogP contribution in [0, 0.1) is 11.8 Å². The Labute approximate surface area is 122 Å². The fourth-order valence-corrected chi connectivity index (χ4v) is 2.88. The van der Waals surface area contributed by atoms with E-state index in [1.54, 1.807) is 6.92 Å². The highest BCUT2D eigenvalue weighted by atomic mass is 16.2. The van der Waals surface area contributed by atoms with E-state index in [2.05, 4.69) is 17.2 Å². The number of carbonyl (C=O) groups excluding carboxylic acids is 3. The second kappa shape index (κ2) is 5.06. The van der Waals surface area contributed by atoms with E-state index in [1.165, 1.54) is 4.90 Å². The SMILES string of the molecule is CC#Cc1cccc2c1CC(=O)N2C1CCC(=O)NC1=O. The monoisotopic (exact) mass is 282 g/mol. The molecule has 1 atom stereocenters. The lowest BCUT2D eigenvalue weighted by Crippen LogP contribution is -2.53. The van der Waals surface area contributed by atoms with Crippen molar-refractivity contribution in [2.75, 3.05) is 4.90 Å². The molecule has 0 bridgehead atoms. The summed E-state index contributed by atoms with van der Waals surface area (Å²) in [6.45, 7) is 1.74. The van der Waals surface area contributed by atoms with Gasteiger partial charge in [-0.05, 0) is 25.5 Å². The maximum atomic E-state index is 12.3. The van der Waals surface area contributed by atoms with Crippen LogP contribution in [-0.4, -0.2) is 23.8 Å². The molecule has 1 aromatic carbocycles. The molecule has 5 nitrogen and oxygen atoms in total. The van der Waals surface area contributed by atoms with Crippen molar-refractivity contribution in [3.8, 4) is 11.8 Å². The van der Waals surface area contributed by atoms with E-state index >= 15 is 0 Å². The molecule has 0 spiro atoms.